The lowest BCUT2D eigenvalue weighted by atomic mass is 10.2. The van der Waals surface area contributed by atoms with Gasteiger partial charge in [0.25, 0.3) is 5.91 Å². The van der Waals surface area contributed by atoms with E-state index in [0.717, 1.165) is 25.7 Å². The van der Waals surface area contributed by atoms with E-state index in [2.05, 4.69) is 9.97 Å². The van der Waals surface area contributed by atoms with E-state index >= 15 is 0 Å². The summed E-state index contributed by atoms with van der Waals surface area (Å²) in [5.74, 6) is -0.203. The molecule has 0 bridgehead atoms. The van der Waals surface area contributed by atoms with E-state index in [0.29, 0.717) is 6.54 Å². The zero-order valence-electron chi connectivity index (χ0n) is 10.0. The lowest BCUT2D eigenvalue weighted by Gasteiger charge is -2.27. The highest BCUT2D eigenvalue weighted by Crippen LogP contribution is 2.24. The first kappa shape index (κ1) is 13.2. The molecule has 0 saturated heterocycles. The van der Waals surface area contributed by atoms with Crippen LogP contribution in [0.1, 0.15) is 36.2 Å². The molecule has 1 N–H and O–H groups in total. The van der Waals surface area contributed by atoms with Gasteiger partial charge in [0.2, 0.25) is 0 Å². The van der Waals surface area contributed by atoms with Gasteiger partial charge in [-0.15, -0.1) is 0 Å². The molecule has 1 aromatic rings. The van der Waals surface area contributed by atoms with Crippen LogP contribution in [-0.2, 0) is 0 Å². The van der Waals surface area contributed by atoms with Gasteiger partial charge in [-0.1, -0.05) is 24.4 Å². The summed E-state index contributed by atoms with van der Waals surface area (Å²) in [6.45, 7) is 0.286. The Morgan fingerprint density at radius 3 is 2.78 bits per heavy atom. The Morgan fingerprint density at radius 1 is 1.44 bits per heavy atom. The minimum atomic E-state index is -0.203. The van der Waals surface area contributed by atoms with Gasteiger partial charge in [-0.3, -0.25) is 9.78 Å². The molecule has 1 heterocycles. The number of aliphatic hydroxyl groups is 1. The van der Waals surface area contributed by atoms with Crippen LogP contribution < -0.4 is 0 Å². The van der Waals surface area contributed by atoms with Gasteiger partial charge in [-0.2, -0.15) is 0 Å². The van der Waals surface area contributed by atoms with E-state index in [-0.39, 0.29) is 29.4 Å². The van der Waals surface area contributed by atoms with E-state index in [1.54, 1.807) is 4.90 Å². The van der Waals surface area contributed by atoms with Crippen LogP contribution in [0.5, 0.6) is 0 Å². The highest BCUT2D eigenvalue weighted by molar-refractivity contribution is 6.29. The summed E-state index contributed by atoms with van der Waals surface area (Å²) < 4.78 is 0. The second-order valence-electron chi connectivity index (χ2n) is 4.39. The van der Waals surface area contributed by atoms with E-state index in [9.17, 15) is 4.79 Å². The van der Waals surface area contributed by atoms with Crippen LogP contribution in [0, 0.1) is 0 Å². The molecular weight excluding hydrogens is 254 g/mol. The average Bonchev–Trinajstić information content (AvgIpc) is 2.89. The van der Waals surface area contributed by atoms with Gasteiger partial charge in [0.15, 0.2) is 0 Å². The van der Waals surface area contributed by atoms with Crippen molar-refractivity contribution in [2.24, 2.45) is 0 Å². The molecule has 1 amide bonds. The molecule has 98 valence electrons. The van der Waals surface area contributed by atoms with Gasteiger partial charge < -0.3 is 10.0 Å². The van der Waals surface area contributed by atoms with Gasteiger partial charge in [0.1, 0.15) is 10.8 Å². The van der Waals surface area contributed by atoms with Gasteiger partial charge in [-0.05, 0) is 12.8 Å². The first-order valence-electron chi connectivity index (χ1n) is 6.11. The molecule has 2 rings (SSSR count). The van der Waals surface area contributed by atoms with Crippen LogP contribution in [0.15, 0.2) is 12.4 Å². The Balaban J connectivity index is 2.17. The molecule has 18 heavy (non-hydrogen) atoms. The summed E-state index contributed by atoms with van der Waals surface area (Å²) in [6, 6.07) is 0.199. The molecule has 0 spiro atoms. The Hall–Kier alpha value is -1.20. The Kier molecular flexibility index (Phi) is 4.49. The number of aromatic nitrogens is 2. The van der Waals surface area contributed by atoms with Crippen LogP contribution in [0.3, 0.4) is 0 Å². The van der Waals surface area contributed by atoms with E-state index < -0.39 is 0 Å². The number of hydrogen-bond donors (Lipinski definition) is 1. The molecule has 1 aromatic heterocycles. The molecule has 1 aliphatic carbocycles. The van der Waals surface area contributed by atoms with Gasteiger partial charge >= 0.3 is 0 Å². The molecule has 6 heteroatoms. The molecule has 1 fully saturated rings. The van der Waals surface area contributed by atoms with Crippen molar-refractivity contribution in [1.29, 1.82) is 0 Å². The fraction of sp³-hybridized carbons (Fsp3) is 0.583. The van der Waals surface area contributed by atoms with E-state index in [1.807, 2.05) is 0 Å². The molecular formula is C12H16ClN3O2. The molecule has 0 atom stereocenters. The van der Waals surface area contributed by atoms with Crippen molar-refractivity contribution in [2.75, 3.05) is 13.2 Å². The molecule has 0 unspecified atom stereocenters. The average molecular weight is 270 g/mol. The van der Waals surface area contributed by atoms with Crippen molar-refractivity contribution >= 4 is 17.5 Å². The minimum Gasteiger partial charge on any atom is -0.395 e. The molecule has 5 nitrogen and oxygen atoms in total. The van der Waals surface area contributed by atoms with Crippen molar-refractivity contribution < 1.29 is 9.90 Å². The first-order valence-corrected chi connectivity index (χ1v) is 6.49. The summed E-state index contributed by atoms with van der Waals surface area (Å²) >= 11 is 5.74. The quantitative estimate of drug-likeness (QED) is 0.900. The van der Waals surface area contributed by atoms with Crippen molar-refractivity contribution in [1.82, 2.24) is 14.9 Å². The fourth-order valence-electron chi connectivity index (χ4n) is 2.37. The number of carbonyl (C=O) groups excluding carboxylic acids is 1. The number of nitrogens with zero attached hydrogens (tertiary/aromatic N) is 3. The number of rotatable bonds is 4. The summed E-state index contributed by atoms with van der Waals surface area (Å²) in [5, 5.41) is 9.30. The molecule has 1 aliphatic rings. The van der Waals surface area contributed by atoms with Gasteiger partial charge in [0, 0.05) is 12.6 Å². The zero-order chi connectivity index (χ0) is 13.0. The van der Waals surface area contributed by atoms with E-state index in [1.165, 1.54) is 12.4 Å². The van der Waals surface area contributed by atoms with Crippen LogP contribution in [-0.4, -0.2) is 45.1 Å². The normalized spacial score (nSPS) is 15.9. The lowest BCUT2D eigenvalue weighted by molar-refractivity contribution is 0.0631. The second-order valence-corrected chi connectivity index (χ2v) is 4.77. The number of halogens is 1. The minimum absolute atomic E-state index is 0.0454. The largest absolute Gasteiger partial charge is 0.395 e. The first-order chi connectivity index (χ1) is 8.72. The summed E-state index contributed by atoms with van der Waals surface area (Å²) in [5.41, 5.74) is 0.239. The lowest BCUT2D eigenvalue weighted by Crippen LogP contribution is -2.41. The summed E-state index contributed by atoms with van der Waals surface area (Å²) in [7, 11) is 0. The number of amides is 1. The van der Waals surface area contributed by atoms with Crippen LogP contribution in [0.4, 0.5) is 0 Å². The van der Waals surface area contributed by atoms with Crippen molar-refractivity contribution in [3.8, 4) is 0 Å². The standard InChI is InChI=1S/C12H16ClN3O2/c13-11-8-14-7-10(15-11)12(18)16(5-6-17)9-3-1-2-4-9/h7-9,17H,1-6H2. The number of carbonyl (C=O) groups is 1. The number of hydrogen-bond acceptors (Lipinski definition) is 4. The summed E-state index contributed by atoms with van der Waals surface area (Å²) in [6.07, 6.45) is 7.03. The monoisotopic (exact) mass is 269 g/mol. The SMILES string of the molecule is O=C(c1cncc(Cl)n1)N(CCO)C1CCCC1. The predicted octanol–water partition coefficient (Wildman–Crippen LogP) is 1.51. The van der Waals surface area contributed by atoms with Crippen molar-refractivity contribution in [2.45, 2.75) is 31.7 Å². The highest BCUT2D eigenvalue weighted by Gasteiger charge is 2.27. The van der Waals surface area contributed by atoms with Crippen molar-refractivity contribution in [3.05, 3.63) is 23.2 Å². The van der Waals surface area contributed by atoms with Crippen LogP contribution >= 0.6 is 11.6 Å². The molecule has 0 aromatic carbocycles. The zero-order valence-corrected chi connectivity index (χ0v) is 10.8. The predicted molar refractivity (Wildman–Crippen MR) is 67.4 cm³/mol. The Bertz CT molecular complexity index is 422. The molecule has 0 aliphatic heterocycles. The summed E-state index contributed by atoms with van der Waals surface area (Å²) in [4.78, 5) is 21.9. The highest BCUT2D eigenvalue weighted by atomic mass is 35.5. The maximum absolute atomic E-state index is 12.3. The van der Waals surface area contributed by atoms with Crippen molar-refractivity contribution in [3.63, 3.8) is 0 Å². The second kappa shape index (κ2) is 6.11. The maximum Gasteiger partial charge on any atom is 0.274 e. The van der Waals surface area contributed by atoms with Gasteiger partial charge in [0.05, 0.1) is 19.0 Å². The van der Waals surface area contributed by atoms with Crippen LogP contribution in [0.25, 0.3) is 0 Å². The van der Waals surface area contributed by atoms with E-state index in [4.69, 9.17) is 16.7 Å². The molecule has 1 saturated carbocycles. The number of aliphatic hydroxyl groups excluding tert-OH is 1. The Morgan fingerprint density at radius 2 is 2.17 bits per heavy atom. The van der Waals surface area contributed by atoms with Crippen LogP contribution in [0.2, 0.25) is 5.15 Å². The third-order valence-electron chi connectivity index (χ3n) is 3.19. The molecule has 0 radical (unpaired) electrons. The Labute approximate surface area is 111 Å². The maximum atomic E-state index is 12.3. The third kappa shape index (κ3) is 2.97. The van der Waals surface area contributed by atoms with Gasteiger partial charge in [-0.25, -0.2) is 4.98 Å². The smallest absolute Gasteiger partial charge is 0.274 e. The third-order valence-corrected chi connectivity index (χ3v) is 3.37. The topological polar surface area (TPSA) is 66.3 Å². The fourth-order valence-corrected chi connectivity index (χ4v) is 2.51.